The molecule has 1 aliphatic heterocycles. The fraction of sp³-hybridized carbons (Fsp3) is 0.500. The molecule has 106 valence electrons. The molecule has 0 aliphatic carbocycles. The Kier molecular flexibility index (Phi) is 5.42. The van der Waals surface area contributed by atoms with E-state index in [4.69, 9.17) is 4.74 Å². The minimum Gasteiger partial charge on any atom is -0.377 e. The first kappa shape index (κ1) is 15.4. The summed E-state index contributed by atoms with van der Waals surface area (Å²) < 4.78 is 33.9. The van der Waals surface area contributed by atoms with Crippen molar-refractivity contribution in [2.24, 2.45) is 0 Å². The van der Waals surface area contributed by atoms with Gasteiger partial charge in [-0.3, -0.25) is 0 Å². The molecular formula is C12H15Br2NO3S. The lowest BCUT2D eigenvalue weighted by Gasteiger charge is -2.22. The highest BCUT2D eigenvalue weighted by Crippen LogP contribution is 2.25. The van der Waals surface area contributed by atoms with Crippen molar-refractivity contribution in [1.29, 1.82) is 0 Å². The standard InChI is InChI=1S/C12H15Br2NO3S/c13-9-4-5-12(11(14)7-9)19(16,17)15-8-10-3-1-2-6-18-10/h4-5,7,10,15H,1-3,6,8H2. The van der Waals surface area contributed by atoms with Gasteiger partial charge in [0.25, 0.3) is 0 Å². The predicted octanol–water partition coefficient (Wildman–Crippen LogP) is 3.06. The number of rotatable bonds is 4. The molecule has 1 aliphatic rings. The smallest absolute Gasteiger partial charge is 0.241 e. The maximum absolute atomic E-state index is 12.2. The molecule has 1 heterocycles. The molecule has 19 heavy (non-hydrogen) atoms. The summed E-state index contributed by atoms with van der Waals surface area (Å²) in [6.45, 7) is 1.04. The Bertz CT molecular complexity index is 542. The van der Waals surface area contributed by atoms with Crippen LogP contribution >= 0.6 is 31.9 Å². The molecule has 1 aromatic carbocycles. The van der Waals surface area contributed by atoms with Gasteiger partial charge in [-0.2, -0.15) is 0 Å². The fourth-order valence-electron chi connectivity index (χ4n) is 1.94. The monoisotopic (exact) mass is 411 g/mol. The van der Waals surface area contributed by atoms with Gasteiger partial charge in [0.1, 0.15) is 0 Å². The van der Waals surface area contributed by atoms with Crippen LogP contribution in [0, 0.1) is 0 Å². The van der Waals surface area contributed by atoms with Gasteiger partial charge in [-0.1, -0.05) is 15.9 Å². The normalized spacial score (nSPS) is 20.4. The van der Waals surface area contributed by atoms with Crippen molar-refractivity contribution in [3.63, 3.8) is 0 Å². The fourth-order valence-corrected chi connectivity index (χ4v) is 4.75. The van der Waals surface area contributed by atoms with Crippen LogP contribution in [0.2, 0.25) is 0 Å². The zero-order valence-corrected chi connectivity index (χ0v) is 14.2. The molecule has 1 aromatic rings. The van der Waals surface area contributed by atoms with E-state index < -0.39 is 10.0 Å². The van der Waals surface area contributed by atoms with E-state index in [1.807, 2.05) is 0 Å². The molecule has 0 bridgehead atoms. The molecule has 2 rings (SSSR count). The first-order chi connectivity index (χ1) is 8.99. The highest BCUT2D eigenvalue weighted by atomic mass is 79.9. The molecule has 0 radical (unpaired) electrons. The maximum Gasteiger partial charge on any atom is 0.241 e. The van der Waals surface area contributed by atoms with Crippen molar-refractivity contribution in [2.75, 3.05) is 13.2 Å². The molecule has 0 saturated carbocycles. The van der Waals surface area contributed by atoms with E-state index in [1.165, 1.54) is 0 Å². The lowest BCUT2D eigenvalue weighted by Crippen LogP contribution is -2.35. The summed E-state index contributed by atoms with van der Waals surface area (Å²) in [6.07, 6.45) is 3.04. The van der Waals surface area contributed by atoms with Crippen molar-refractivity contribution in [1.82, 2.24) is 4.72 Å². The summed E-state index contributed by atoms with van der Waals surface area (Å²) in [5.74, 6) is 0. The van der Waals surface area contributed by atoms with Gasteiger partial charge < -0.3 is 4.74 Å². The van der Waals surface area contributed by atoms with Crippen LogP contribution in [0.1, 0.15) is 19.3 Å². The van der Waals surface area contributed by atoms with Crippen molar-refractivity contribution >= 4 is 41.9 Å². The Balaban J connectivity index is 2.05. The third-order valence-electron chi connectivity index (χ3n) is 2.96. The molecule has 0 aromatic heterocycles. The Hall–Kier alpha value is 0.0500. The number of halogens is 2. The van der Waals surface area contributed by atoms with E-state index in [9.17, 15) is 8.42 Å². The number of nitrogens with one attached hydrogen (secondary N) is 1. The molecule has 1 atom stereocenters. The average Bonchev–Trinajstić information content (AvgIpc) is 2.37. The van der Waals surface area contributed by atoms with E-state index in [2.05, 4.69) is 36.6 Å². The molecular weight excluding hydrogens is 398 g/mol. The number of sulfonamides is 1. The van der Waals surface area contributed by atoms with Crippen LogP contribution in [0.5, 0.6) is 0 Å². The Morgan fingerprint density at radius 1 is 1.32 bits per heavy atom. The second-order valence-electron chi connectivity index (χ2n) is 4.42. The third-order valence-corrected chi connectivity index (χ3v) is 5.85. The molecule has 1 N–H and O–H groups in total. The second-order valence-corrected chi connectivity index (χ2v) is 7.92. The molecule has 4 nitrogen and oxygen atoms in total. The number of benzene rings is 1. The van der Waals surface area contributed by atoms with Crippen LogP contribution in [-0.4, -0.2) is 27.7 Å². The molecule has 1 unspecified atom stereocenters. The topological polar surface area (TPSA) is 55.4 Å². The minimum absolute atomic E-state index is 0.0160. The first-order valence-electron chi connectivity index (χ1n) is 6.05. The molecule has 0 amide bonds. The number of hydrogen-bond donors (Lipinski definition) is 1. The van der Waals surface area contributed by atoms with Crippen LogP contribution in [0.4, 0.5) is 0 Å². The largest absolute Gasteiger partial charge is 0.377 e. The van der Waals surface area contributed by atoms with Crippen molar-refractivity contribution in [3.8, 4) is 0 Å². The zero-order chi connectivity index (χ0) is 13.9. The minimum atomic E-state index is -3.50. The van der Waals surface area contributed by atoms with Gasteiger partial charge in [-0.25, -0.2) is 13.1 Å². The van der Waals surface area contributed by atoms with Gasteiger partial charge in [0, 0.05) is 22.1 Å². The Morgan fingerprint density at radius 3 is 2.74 bits per heavy atom. The van der Waals surface area contributed by atoms with Crippen LogP contribution < -0.4 is 4.72 Å². The lowest BCUT2D eigenvalue weighted by molar-refractivity contribution is 0.0200. The maximum atomic E-state index is 12.2. The lowest BCUT2D eigenvalue weighted by atomic mass is 10.1. The van der Waals surface area contributed by atoms with Crippen molar-refractivity contribution in [3.05, 3.63) is 27.1 Å². The van der Waals surface area contributed by atoms with Gasteiger partial charge in [-0.05, 0) is 53.4 Å². The van der Waals surface area contributed by atoms with E-state index in [-0.39, 0.29) is 11.0 Å². The van der Waals surface area contributed by atoms with Crippen LogP contribution in [-0.2, 0) is 14.8 Å². The van der Waals surface area contributed by atoms with Crippen LogP contribution in [0.25, 0.3) is 0 Å². The summed E-state index contributed by atoms with van der Waals surface area (Å²) in [7, 11) is -3.50. The zero-order valence-electron chi connectivity index (χ0n) is 10.2. The Labute approximate surface area is 130 Å². The van der Waals surface area contributed by atoms with Crippen molar-refractivity contribution < 1.29 is 13.2 Å². The Morgan fingerprint density at radius 2 is 2.11 bits per heavy atom. The SMILES string of the molecule is O=S(=O)(NCC1CCCCO1)c1ccc(Br)cc1Br. The third kappa shape index (κ3) is 4.26. The summed E-state index contributed by atoms with van der Waals surface area (Å²) >= 11 is 6.57. The first-order valence-corrected chi connectivity index (χ1v) is 9.12. The quantitative estimate of drug-likeness (QED) is 0.826. The number of ether oxygens (including phenoxy) is 1. The summed E-state index contributed by atoms with van der Waals surface area (Å²) in [6, 6.07) is 4.99. The summed E-state index contributed by atoms with van der Waals surface area (Å²) in [5, 5.41) is 0. The van der Waals surface area contributed by atoms with E-state index in [0.29, 0.717) is 17.6 Å². The van der Waals surface area contributed by atoms with Crippen LogP contribution in [0.15, 0.2) is 32.0 Å². The summed E-state index contributed by atoms with van der Waals surface area (Å²) in [4.78, 5) is 0.242. The van der Waals surface area contributed by atoms with E-state index in [1.54, 1.807) is 18.2 Å². The molecule has 1 saturated heterocycles. The van der Waals surface area contributed by atoms with Gasteiger partial charge in [0.05, 0.1) is 11.0 Å². The molecule has 0 spiro atoms. The van der Waals surface area contributed by atoms with E-state index in [0.717, 1.165) is 23.7 Å². The highest BCUT2D eigenvalue weighted by Gasteiger charge is 2.21. The van der Waals surface area contributed by atoms with Crippen molar-refractivity contribution in [2.45, 2.75) is 30.3 Å². The van der Waals surface area contributed by atoms with Gasteiger partial charge in [0.2, 0.25) is 10.0 Å². The van der Waals surface area contributed by atoms with Gasteiger partial charge >= 0.3 is 0 Å². The van der Waals surface area contributed by atoms with E-state index >= 15 is 0 Å². The molecule has 7 heteroatoms. The van der Waals surface area contributed by atoms with Gasteiger partial charge in [-0.15, -0.1) is 0 Å². The molecule has 1 fully saturated rings. The average molecular weight is 413 g/mol. The van der Waals surface area contributed by atoms with Gasteiger partial charge in [0.15, 0.2) is 0 Å². The number of hydrogen-bond acceptors (Lipinski definition) is 3. The predicted molar refractivity (Wildman–Crippen MR) is 80.6 cm³/mol. The second kappa shape index (κ2) is 6.67. The summed E-state index contributed by atoms with van der Waals surface area (Å²) in [5.41, 5.74) is 0. The highest BCUT2D eigenvalue weighted by molar-refractivity contribution is 9.11. The van der Waals surface area contributed by atoms with Crippen LogP contribution in [0.3, 0.4) is 0 Å².